The van der Waals surface area contributed by atoms with E-state index in [4.69, 9.17) is 5.73 Å². The molecule has 98 valence electrons. The highest BCUT2D eigenvalue weighted by Crippen LogP contribution is 2.31. The number of rotatable bonds is 1. The lowest BCUT2D eigenvalue weighted by Crippen LogP contribution is -2.04. The molecule has 0 spiro atoms. The van der Waals surface area contributed by atoms with E-state index >= 15 is 0 Å². The Morgan fingerprint density at radius 2 is 2.00 bits per heavy atom. The summed E-state index contributed by atoms with van der Waals surface area (Å²) in [5.74, 6) is 0.405. The summed E-state index contributed by atoms with van der Waals surface area (Å²) in [6.45, 7) is 0. The quantitative estimate of drug-likeness (QED) is 0.720. The van der Waals surface area contributed by atoms with Gasteiger partial charge in [-0.2, -0.15) is 13.2 Å². The summed E-state index contributed by atoms with van der Waals surface area (Å²) in [6, 6.07) is 3.36. The van der Waals surface area contributed by atoms with Gasteiger partial charge in [0.15, 0.2) is 11.0 Å². The molecular weight excluding hydrogens is 277 g/mol. The third-order valence-corrected chi connectivity index (χ3v) is 3.25. The highest BCUT2D eigenvalue weighted by molar-refractivity contribution is 7.13. The topological polar surface area (TPSA) is 67.6 Å². The number of hydrogen-bond acceptors (Lipinski definition) is 4. The smallest absolute Gasteiger partial charge is 0.375 e. The summed E-state index contributed by atoms with van der Waals surface area (Å²) < 4.78 is 37.8. The van der Waals surface area contributed by atoms with Gasteiger partial charge in [0.1, 0.15) is 5.69 Å². The fourth-order valence-corrected chi connectivity index (χ4v) is 2.25. The summed E-state index contributed by atoms with van der Waals surface area (Å²) in [6.07, 6.45) is -4.37. The number of nitrogen functional groups attached to an aromatic ring is 1. The Kier molecular flexibility index (Phi) is 2.49. The van der Waals surface area contributed by atoms with E-state index in [2.05, 4.69) is 15.0 Å². The average Bonchev–Trinajstić information content (AvgIpc) is 2.92. The molecule has 4 nitrogen and oxygen atoms in total. The van der Waals surface area contributed by atoms with E-state index in [0.717, 1.165) is 12.1 Å². The minimum absolute atomic E-state index is 0.316. The number of alkyl halides is 3. The number of anilines is 1. The van der Waals surface area contributed by atoms with Crippen LogP contribution in [0.4, 0.5) is 18.3 Å². The van der Waals surface area contributed by atoms with Crippen LogP contribution in [0, 0.1) is 0 Å². The molecule has 0 saturated carbocycles. The molecule has 2 heterocycles. The Morgan fingerprint density at radius 1 is 1.21 bits per heavy atom. The minimum Gasteiger partial charge on any atom is -0.375 e. The Hall–Kier alpha value is -2.09. The normalized spacial score (nSPS) is 12.2. The SMILES string of the molecule is Nc1nc(-c2nc3ccc(C(F)(F)F)cc3[nH]2)cs1. The van der Waals surface area contributed by atoms with Crippen molar-refractivity contribution >= 4 is 27.5 Å². The van der Waals surface area contributed by atoms with Gasteiger partial charge < -0.3 is 10.7 Å². The molecule has 0 aliphatic heterocycles. The molecule has 3 rings (SSSR count). The van der Waals surface area contributed by atoms with Crippen LogP contribution < -0.4 is 5.73 Å². The highest BCUT2D eigenvalue weighted by Gasteiger charge is 2.30. The zero-order valence-electron chi connectivity index (χ0n) is 9.32. The standard InChI is InChI=1S/C11H7F3N4S/c12-11(13,14)5-1-2-6-7(3-5)17-9(16-6)8-4-19-10(15)18-8/h1-4H,(H2,15,18)(H,16,17). The van der Waals surface area contributed by atoms with Crippen LogP contribution in [0.1, 0.15) is 5.56 Å². The van der Waals surface area contributed by atoms with E-state index in [0.29, 0.717) is 27.7 Å². The fourth-order valence-electron chi connectivity index (χ4n) is 1.70. The summed E-state index contributed by atoms with van der Waals surface area (Å²) in [4.78, 5) is 11.0. The molecule has 0 unspecified atom stereocenters. The lowest BCUT2D eigenvalue weighted by atomic mass is 10.2. The van der Waals surface area contributed by atoms with E-state index in [1.807, 2.05) is 0 Å². The maximum atomic E-state index is 12.6. The van der Waals surface area contributed by atoms with Crippen molar-refractivity contribution in [1.29, 1.82) is 0 Å². The van der Waals surface area contributed by atoms with Gasteiger partial charge >= 0.3 is 6.18 Å². The second-order valence-corrected chi connectivity index (χ2v) is 4.78. The maximum Gasteiger partial charge on any atom is 0.416 e. The van der Waals surface area contributed by atoms with E-state index < -0.39 is 11.7 Å². The summed E-state index contributed by atoms with van der Waals surface area (Å²) in [5, 5.41) is 2.07. The van der Waals surface area contributed by atoms with Crippen LogP contribution in [-0.2, 0) is 6.18 Å². The van der Waals surface area contributed by atoms with Gasteiger partial charge in [-0.1, -0.05) is 0 Å². The number of nitrogens with one attached hydrogen (secondary N) is 1. The van der Waals surface area contributed by atoms with Crippen LogP contribution in [0.3, 0.4) is 0 Å². The van der Waals surface area contributed by atoms with Crippen LogP contribution in [-0.4, -0.2) is 15.0 Å². The first kappa shape index (κ1) is 12.0. The lowest BCUT2D eigenvalue weighted by Gasteiger charge is -2.05. The molecular formula is C11H7F3N4S. The Bertz CT molecular complexity index is 744. The van der Waals surface area contributed by atoms with Crippen LogP contribution in [0.15, 0.2) is 23.6 Å². The second-order valence-electron chi connectivity index (χ2n) is 3.89. The van der Waals surface area contributed by atoms with Crippen molar-refractivity contribution in [3.05, 3.63) is 29.1 Å². The van der Waals surface area contributed by atoms with Crippen LogP contribution in [0.2, 0.25) is 0 Å². The van der Waals surface area contributed by atoms with Crippen molar-refractivity contribution in [1.82, 2.24) is 15.0 Å². The van der Waals surface area contributed by atoms with Gasteiger partial charge in [-0.15, -0.1) is 11.3 Å². The highest BCUT2D eigenvalue weighted by atomic mass is 32.1. The number of aromatic amines is 1. The Morgan fingerprint density at radius 3 is 2.63 bits per heavy atom. The number of fused-ring (bicyclic) bond motifs is 1. The molecule has 2 aromatic heterocycles. The molecule has 3 N–H and O–H groups in total. The van der Waals surface area contributed by atoms with Crippen molar-refractivity contribution in [3.8, 4) is 11.5 Å². The zero-order chi connectivity index (χ0) is 13.6. The predicted octanol–water partition coefficient (Wildman–Crippen LogP) is 3.29. The zero-order valence-corrected chi connectivity index (χ0v) is 10.1. The van der Waals surface area contributed by atoms with Gasteiger partial charge in [0.2, 0.25) is 0 Å². The van der Waals surface area contributed by atoms with Crippen molar-refractivity contribution in [3.63, 3.8) is 0 Å². The third-order valence-electron chi connectivity index (χ3n) is 2.57. The summed E-state index contributed by atoms with van der Waals surface area (Å²) in [5.41, 5.74) is 6.08. The average molecular weight is 284 g/mol. The number of aromatic nitrogens is 3. The van der Waals surface area contributed by atoms with Gasteiger partial charge in [0.05, 0.1) is 16.6 Å². The molecule has 0 atom stereocenters. The molecule has 0 bridgehead atoms. The molecule has 0 radical (unpaired) electrons. The molecule has 8 heteroatoms. The van der Waals surface area contributed by atoms with Gasteiger partial charge in [-0.3, -0.25) is 0 Å². The molecule has 0 aliphatic rings. The number of nitrogens with zero attached hydrogens (tertiary/aromatic N) is 2. The number of imidazole rings is 1. The predicted molar refractivity (Wildman–Crippen MR) is 66.6 cm³/mol. The molecule has 0 aliphatic carbocycles. The van der Waals surface area contributed by atoms with Crippen LogP contribution in [0.5, 0.6) is 0 Å². The first-order valence-corrected chi connectivity index (χ1v) is 6.10. The van der Waals surface area contributed by atoms with Crippen LogP contribution >= 0.6 is 11.3 Å². The third kappa shape index (κ3) is 2.14. The number of thiazole rings is 1. The monoisotopic (exact) mass is 284 g/mol. The Balaban J connectivity index is 2.11. The van der Waals surface area contributed by atoms with Crippen LogP contribution in [0.25, 0.3) is 22.6 Å². The van der Waals surface area contributed by atoms with E-state index in [1.54, 1.807) is 5.38 Å². The van der Waals surface area contributed by atoms with Gasteiger partial charge in [0.25, 0.3) is 0 Å². The van der Waals surface area contributed by atoms with Gasteiger partial charge in [-0.05, 0) is 18.2 Å². The molecule has 19 heavy (non-hydrogen) atoms. The second kappa shape index (κ2) is 3.95. The number of nitrogens with two attached hydrogens (primary N) is 1. The number of benzene rings is 1. The molecule has 1 aromatic carbocycles. The number of hydrogen-bond donors (Lipinski definition) is 2. The number of halogens is 3. The van der Waals surface area contributed by atoms with Crippen molar-refractivity contribution in [2.24, 2.45) is 0 Å². The van der Waals surface area contributed by atoms with Gasteiger partial charge in [-0.25, -0.2) is 9.97 Å². The maximum absolute atomic E-state index is 12.6. The largest absolute Gasteiger partial charge is 0.416 e. The first-order valence-electron chi connectivity index (χ1n) is 5.22. The summed E-state index contributed by atoms with van der Waals surface area (Å²) in [7, 11) is 0. The van der Waals surface area contributed by atoms with E-state index in [1.165, 1.54) is 17.4 Å². The van der Waals surface area contributed by atoms with Crippen molar-refractivity contribution < 1.29 is 13.2 Å². The van der Waals surface area contributed by atoms with E-state index in [9.17, 15) is 13.2 Å². The number of H-pyrrole nitrogens is 1. The molecule has 0 saturated heterocycles. The molecule has 0 fully saturated rings. The minimum atomic E-state index is -4.37. The van der Waals surface area contributed by atoms with Crippen molar-refractivity contribution in [2.75, 3.05) is 5.73 Å². The van der Waals surface area contributed by atoms with E-state index in [-0.39, 0.29) is 0 Å². The Labute approximate surface area is 109 Å². The van der Waals surface area contributed by atoms with Gasteiger partial charge in [0, 0.05) is 5.38 Å². The molecule has 0 amide bonds. The summed E-state index contributed by atoms with van der Waals surface area (Å²) >= 11 is 1.24. The van der Waals surface area contributed by atoms with Crippen molar-refractivity contribution in [2.45, 2.75) is 6.18 Å². The lowest BCUT2D eigenvalue weighted by molar-refractivity contribution is -0.137. The fraction of sp³-hybridized carbons (Fsp3) is 0.0909. The molecule has 3 aromatic rings. The first-order chi connectivity index (χ1) is 8.93.